The Balaban J connectivity index is 0.00000117. The predicted octanol–water partition coefficient (Wildman–Crippen LogP) is 4.81. The van der Waals surface area contributed by atoms with E-state index in [9.17, 15) is 4.79 Å². The number of morpholine rings is 1. The first-order valence-corrected chi connectivity index (χ1v) is 9.24. The van der Waals surface area contributed by atoms with Crippen molar-refractivity contribution in [2.75, 3.05) is 26.3 Å². The Hall–Kier alpha value is -2.33. The quantitative estimate of drug-likeness (QED) is 0.739. The molecule has 26 heavy (non-hydrogen) atoms. The van der Waals surface area contributed by atoms with Crippen LogP contribution in [-0.4, -0.2) is 41.4 Å². The summed E-state index contributed by atoms with van der Waals surface area (Å²) in [5.41, 5.74) is 6.72. The molecule has 2 aromatic heterocycles. The minimum absolute atomic E-state index is 0.0732. The molecule has 0 aliphatic carbocycles. The molecule has 0 amide bonds. The number of Topliss-reactive ketones (excluding diaryl/α,β-unsaturated/α-hetero) is 1. The van der Waals surface area contributed by atoms with E-state index in [0.29, 0.717) is 13.2 Å². The fraction of sp³-hybridized carbons (Fsp3) is 0.409. The van der Waals surface area contributed by atoms with Gasteiger partial charge < -0.3 is 14.0 Å². The van der Waals surface area contributed by atoms with Crippen LogP contribution in [0, 0.1) is 6.92 Å². The van der Waals surface area contributed by atoms with Crippen LogP contribution in [0.5, 0.6) is 0 Å². The summed E-state index contributed by atoms with van der Waals surface area (Å²) in [6.45, 7) is 21.0. The predicted molar refractivity (Wildman–Crippen MR) is 110 cm³/mol. The van der Waals surface area contributed by atoms with Crippen molar-refractivity contribution < 1.29 is 9.53 Å². The number of rotatable bonds is 4. The summed E-state index contributed by atoms with van der Waals surface area (Å²) in [5, 5.41) is 0. The molecule has 1 aliphatic rings. The highest BCUT2D eigenvalue weighted by Gasteiger charge is 2.21. The zero-order chi connectivity index (χ0) is 19.4. The standard InChI is InChI=1S/C20H24N2O2.C2H6/c1-13(2)17-10-18-11-19(16(5)23)14(3)20(22(18)12-17)15(4)21-6-8-24-9-7-21;1-2/h10-12H,1,4,6-9H2,2-3,5H3;1-2H3. The largest absolute Gasteiger partial charge is 0.378 e. The Morgan fingerprint density at radius 2 is 1.73 bits per heavy atom. The number of hydrogen-bond donors (Lipinski definition) is 0. The van der Waals surface area contributed by atoms with E-state index in [1.54, 1.807) is 6.92 Å². The lowest BCUT2D eigenvalue weighted by Crippen LogP contribution is -2.35. The summed E-state index contributed by atoms with van der Waals surface area (Å²) in [6.07, 6.45) is 2.08. The second-order valence-electron chi connectivity index (χ2n) is 6.44. The number of aromatic nitrogens is 1. The Kier molecular flexibility index (Phi) is 6.43. The van der Waals surface area contributed by atoms with Gasteiger partial charge in [-0.15, -0.1) is 0 Å². The molecule has 1 saturated heterocycles. The Labute approximate surface area is 156 Å². The first-order chi connectivity index (χ1) is 12.4. The van der Waals surface area contributed by atoms with Crippen LogP contribution in [-0.2, 0) is 4.74 Å². The van der Waals surface area contributed by atoms with Crippen molar-refractivity contribution in [3.05, 3.63) is 53.9 Å². The third-order valence-electron chi connectivity index (χ3n) is 4.68. The number of carbonyl (C=O) groups is 1. The molecule has 1 aliphatic heterocycles. The first-order valence-electron chi connectivity index (χ1n) is 9.24. The fourth-order valence-electron chi connectivity index (χ4n) is 3.29. The van der Waals surface area contributed by atoms with Crippen LogP contribution < -0.4 is 0 Å². The molecule has 0 unspecified atom stereocenters. The van der Waals surface area contributed by atoms with Gasteiger partial charge >= 0.3 is 0 Å². The third kappa shape index (κ3) is 3.75. The summed E-state index contributed by atoms with van der Waals surface area (Å²) in [6, 6.07) is 4.03. The number of ketones is 1. The highest BCUT2D eigenvalue weighted by atomic mass is 16.5. The van der Waals surface area contributed by atoms with Crippen LogP contribution in [0.1, 0.15) is 54.9 Å². The molecule has 3 heterocycles. The maximum absolute atomic E-state index is 12.1. The second kappa shape index (κ2) is 8.37. The number of hydrogen-bond acceptors (Lipinski definition) is 3. The molecule has 2 aromatic rings. The maximum atomic E-state index is 12.1. The van der Waals surface area contributed by atoms with Gasteiger partial charge in [0.2, 0.25) is 0 Å². The van der Waals surface area contributed by atoms with Gasteiger partial charge in [-0.2, -0.15) is 0 Å². The molecule has 4 heteroatoms. The molecular weight excluding hydrogens is 324 g/mol. The van der Waals surface area contributed by atoms with E-state index in [2.05, 4.69) is 34.7 Å². The third-order valence-corrected chi connectivity index (χ3v) is 4.68. The van der Waals surface area contributed by atoms with E-state index in [4.69, 9.17) is 4.74 Å². The number of carbonyl (C=O) groups excluding carboxylic acids is 1. The molecule has 0 radical (unpaired) electrons. The smallest absolute Gasteiger partial charge is 0.160 e. The van der Waals surface area contributed by atoms with E-state index in [0.717, 1.165) is 52.3 Å². The van der Waals surface area contributed by atoms with Gasteiger partial charge in [-0.3, -0.25) is 4.79 Å². The molecule has 4 nitrogen and oxygen atoms in total. The highest BCUT2D eigenvalue weighted by Crippen LogP contribution is 2.29. The number of ether oxygens (including phenoxy) is 1. The molecule has 1 fully saturated rings. The molecule has 0 saturated carbocycles. The number of allylic oxidation sites excluding steroid dienone is 1. The lowest BCUT2D eigenvalue weighted by molar-refractivity contribution is 0.0639. The molecule has 0 atom stereocenters. The van der Waals surface area contributed by atoms with E-state index < -0.39 is 0 Å². The summed E-state index contributed by atoms with van der Waals surface area (Å²) in [7, 11) is 0. The van der Waals surface area contributed by atoms with E-state index in [-0.39, 0.29) is 5.78 Å². The summed E-state index contributed by atoms with van der Waals surface area (Å²) < 4.78 is 7.57. The van der Waals surface area contributed by atoms with Crippen LogP contribution in [0.4, 0.5) is 0 Å². The van der Waals surface area contributed by atoms with Crippen molar-refractivity contribution in [1.82, 2.24) is 9.30 Å². The van der Waals surface area contributed by atoms with Gasteiger partial charge in [0.15, 0.2) is 5.78 Å². The minimum Gasteiger partial charge on any atom is -0.378 e. The number of pyridine rings is 1. The van der Waals surface area contributed by atoms with Gasteiger partial charge in [0.1, 0.15) is 0 Å². The lowest BCUT2D eigenvalue weighted by atomic mass is 10.0. The SMILES string of the molecule is C=C(C)c1cc2cc(C(C)=O)c(C)c(C(=C)N3CCOCC3)n2c1.CC. The number of nitrogens with zero attached hydrogens (tertiary/aromatic N) is 2. The van der Waals surface area contributed by atoms with Crippen LogP contribution in [0.2, 0.25) is 0 Å². The van der Waals surface area contributed by atoms with Crippen molar-refractivity contribution in [2.24, 2.45) is 0 Å². The van der Waals surface area contributed by atoms with Crippen molar-refractivity contribution in [1.29, 1.82) is 0 Å². The normalized spacial score (nSPS) is 14.0. The average Bonchev–Trinajstić information content (AvgIpc) is 3.07. The minimum atomic E-state index is 0.0732. The zero-order valence-corrected chi connectivity index (χ0v) is 16.7. The monoisotopic (exact) mass is 354 g/mol. The number of fused-ring (bicyclic) bond motifs is 1. The van der Waals surface area contributed by atoms with Crippen LogP contribution in [0.15, 0.2) is 31.5 Å². The van der Waals surface area contributed by atoms with E-state index in [1.807, 2.05) is 33.8 Å². The lowest BCUT2D eigenvalue weighted by Gasteiger charge is -2.31. The van der Waals surface area contributed by atoms with Gasteiger partial charge in [0, 0.05) is 30.4 Å². The molecule has 0 spiro atoms. The summed E-state index contributed by atoms with van der Waals surface area (Å²) >= 11 is 0. The van der Waals surface area contributed by atoms with Crippen molar-refractivity contribution in [2.45, 2.75) is 34.6 Å². The Morgan fingerprint density at radius 3 is 2.27 bits per heavy atom. The summed E-state index contributed by atoms with van der Waals surface area (Å²) in [4.78, 5) is 14.3. The molecule has 0 bridgehead atoms. The molecule has 0 aromatic carbocycles. The maximum Gasteiger partial charge on any atom is 0.160 e. The van der Waals surface area contributed by atoms with Gasteiger partial charge in [-0.1, -0.05) is 27.0 Å². The van der Waals surface area contributed by atoms with E-state index in [1.165, 1.54) is 0 Å². The zero-order valence-electron chi connectivity index (χ0n) is 16.7. The van der Waals surface area contributed by atoms with Gasteiger partial charge in [-0.25, -0.2) is 0 Å². The summed E-state index contributed by atoms with van der Waals surface area (Å²) in [5.74, 6) is 0.0732. The fourth-order valence-corrected chi connectivity index (χ4v) is 3.29. The van der Waals surface area contributed by atoms with Crippen LogP contribution in [0.25, 0.3) is 16.8 Å². The van der Waals surface area contributed by atoms with Crippen LogP contribution in [0.3, 0.4) is 0 Å². The average molecular weight is 354 g/mol. The van der Waals surface area contributed by atoms with Crippen molar-refractivity contribution in [3.63, 3.8) is 0 Å². The van der Waals surface area contributed by atoms with Crippen molar-refractivity contribution in [3.8, 4) is 0 Å². The van der Waals surface area contributed by atoms with Crippen molar-refractivity contribution >= 4 is 22.6 Å². The Bertz CT molecular complexity index is 839. The second-order valence-corrected chi connectivity index (χ2v) is 6.44. The molecule has 0 N–H and O–H groups in total. The van der Waals surface area contributed by atoms with Gasteiger partial charge in [0.25, 0.3) is 0 Å². The van der Waals surface area contributed by atoms with Gasteiger partial charge in [-0.05, 0) is 49.6 Å². The van der Waals surface area contributed by atoms with Crippen LogP contribution >= 0.6 is 0 Å². The van der Waals surface area contributed by atoms with Gasteiger partial charge in [0.05, 0.1) is 24.6 Å². The highest BCUT2D eigenvalue weighted by molar-refractivity contribution is 5.98. The Morgan fingerprint density at radius 1 is 1.12 bits per heavy atom. The van der Waals surface area contributed by atoms with E-state index >= 15 is 0 Å². The first kappa shape index (κ1) is 20.0. The molecule has 140 valence electrons. The topological polar surface area (TPSA) is 34.0 Å². The molecular formula is C22H30N2O2. The molecule has 3 rings (SSSR count).